The number of ether oxygens (including phenoxy) is 1. The smallest absolute Gasteiger partial charge is 0.246 e. The highest BCUT2D eigenvalue weighted by molar-refractivity contribution is 6.41. The lowest BCUT2D eigenvalue weighted by Crippen LogP contribution is -2.55. The average Bonchev–Trinajstić information content (AvgIpc) is 3.41. The summed E-state index contributed by atoms with van der Waals surface area (Å²) in [6, 6.07) is 4.59. The second-order valence-electron chi connectivity index (χ2n) is 11.7. The first-order chi connectivity index (χ1) is 20.2. The first-order valence-electron chi connectivity index (χ1n) is 14.5. The van der Waals surface area contributed by atoms with Crippen LogP contribution in [0, 0.1) is 22.7 Å². The number of nitriles is 2. The minimum atomic E-state index is -0.469. The molecule has 0 aromatic carbocycles. The predicted octanol–water partition coefficient (Wildman–Crippen LogP) is 4.31. The summed E-state index contributed by atoms with van der Waals surface area (Å²) in [5.41, 5.74) is 2.60. The summed E-state index contributed by atoms with van der Waals surface area (Å²) < 4.78 is 6.36. The quantitative estimate of drug-likeness (QED) is 0.422. The van der Waals surface area contributed by atoms with Crippen molar-refractivity contribution in [3.05, 3.63) is 51.7 Å². The fraction of sp³-hybridized carbons (Fsp3) is 0.548. The van der Waals surface area contributed by atoms with E-state index in [1.807, 2.05) is 12.2 Å². The monoisotopic (exact) mass is 609 g/mol. The molecule has 0 N–H and O–H groups in total. The van der Waals surface area contributed by atoms with E-state index in [9.17, 15) is 15.3 Å². The number of rotatable bonds is 7. The van der Waals surface area contributed by atoms with Crippen LogP contribution in [0.25, 0.3) is 0 Å². The van der Waals surface area contributed by atoms with Gasteiger partial charge in [-0.1, -0.05) is 35.9 Å². The maximum absolute atomic E-state index is 12.6. The molecular formula is C31H37Cl2N7O2. The summed E-state index contributed by atoms with van der Waals surface area (Å²) in [4.78, 5) is 26.0. The van der Waals surface area contributed by atoms with Crippen LogP contribution in [0.5, 0.6) is 5.88 Å². The van der Waals surface area contributed by atoms with Gasteiger partial charge in [0.15, 0.2) is 0 Å². The molecule has 4 aliphatic rings. The van der Waals surface area contributed by atoms with Crippen molar-refractivity contribution in [1.29, 1.82) is 10.5 Å². The van der Waals surface area contributed by atoms with E-state index in [-0.39, 0.29) is 24.4 Å². The summed E-state index contributed by atoms with van der Waals surface area (Å²) in [6.45, 7) is 9.82. The van der Waals surface area contributed by atoms with Crippen LogP contribution in [-0.4, -0.2) is 89.6 Å². The molecule has 5 rings (SSSR count). The number of piperazine rings is 1. The van der Waals surface area contributed by atoms with E-state index in [1.165, 1.54) is 6.08 Å². The Morgan fingerprint density at radius 3 is 2.76 bits per heavy atom. The highest BCUT2D eigenvalue weighted by Gasteiger charge is 2.41. The topological polar surface area (TPSA) is 99.7 Å². The van der Waals surface area contributed by atoms with Crippen molar-refractivity contribution < 1.29 is 9.53 Å². The van der Waals surface area contributed by atoms with Crippen molar-refractivity contribution in [2.24, 2.45) is 0 Å². The number of nitrogens with zero attached hydrogens (tertiary/aromatic N) is 7. The molecule has 2 fully saturated rings. The van der Waals surface area contributed by atoms with Crippen molar-refractivity contribution >= 4 is 34.8 Å². The van der Waals surface area contributed by atoms with Crippen LogP contribution in [0.4, 0.5) is 5.69 Å². The average molecular weight is 611 g/mol. The highest BCUT2D eigenvalue weighted by atomic mass is 35.5. The van der Waals surface area contributed by atoms with E-state index in [2.05, 4.69) is 47.4 Å². The van der Waals surface area contributed by atoms with Gasteiger partial charge in [-0.15, -0.1) is 0 Å². The summed E-state index contributed by atoms with van der Waals surface area (Å²) in [5, 5.41) is 21.2. The Hall–Kier alpha value is -3.08. The van der Waals surface area contributed by atoms with Crippen molar-refractivity contribution in [2.45, 2.75) is 63.2 Å². The number of likely N-dealkylation sites (N-methyl/N-ethyl adjacent to an activating group) is 1. The van der Waals surface area contributed by atoms with E-state index < -0.39 is 5.54 Å². The number of halogens is 2. The van der Waals surface area contributed by atoms with Crippen LogP contribution >= 0.6 is 23.2 Å². The lowest BCUT2D eigenvalue weighted by Gasteiger charge is -2.46. The summed E-state index contributed by atoms with van der Waals surface area (Å²) >= 11 is 13.2. The third-order valence-corrected chi connectivity index (χ3v) is 10.3. The van der Waals surface area contributed by atoms with Gasteiger partial charge in [-0.05, 0) is 58.4 Å². The first kappa shape index (κ1) is 30.4. The number of hydrogen-bond donors (Lipinski definition) is 0. The number of aromatic nitrogens is 1. The second-order valence-corrected chi connectivity index (χ2v) is 12.5. The number of anilines is 1. The van der Waals surface area contributed by atoms with E-state index in [0.29, 0.717) is 67.3 Å². The lowest BCUT2D eigenvalue weighted by molar-refractivity contribution is -0.128. The molecular weight excluding hydrogens is 573 g/mol. The number of hydrogen-bond acceptors (Lipinski definition) is 8. The zero-order chi connectivity index (χ0) is 30.0. The molecule has 1 unspecified atom stereocenters. The Kier molecular flexibility index (Phi) is 9.15. The van der Waals surface area contributed by atoms with Crippen LogP contribution < -0.4 is 9.64 Å². The Balaban J connectivity index is 1.54. The van der Waals surface area contributed by atoms with Crippen molar-refractivity contribution in [3.63, 3.8) is 0 Å². The van der Waals surface area contributed by atoms with Gasteiger partial charge >= 0.3 is 0 Å². The molecule has 222 valence electrons. The summed E-state index contributed by atoms with van der Waals surface area (Å²) in [6.07, 6.45) is 8.92. The highest BCUT2D eigenvalue weighted by Crippen LogP contribution is 2.43. The summed E-state index contributed by atoms with van der Waals surface area (Å²) in [5.74, 6) is 0.147. The number of likely N-dealkylation sites (tertiary alicyclic amines) is 1. The zero-order valence-corrected chi connectivity index (χ0v) is 25.8. The standard InChI is InChI=1S/C31H37Cl2N7O2/c1-4-27(41)40-16-15-38(18-21(40)9-12-34)28-23-10-14-39(31(2)11-5-8-25(32)29(31)33)19-26(23)36-30(24(28)17-35)42-20-22-7-6-13-37(22)3/h4-5,8,21-22H,1,6-7,9-11,13-16,18-20H2,2-3H3/t21-,22-,31?/m0/s1. The SMILES string of the molecule is C=CC(=O)N1CCN(c2c(C#N)c(OC[C@@H]3CCCN3C)nc3c2CCN(C2(C)CC=CC(Cl)=C2Cl)C3)C[C@@H]1CC#N. The molecule has 3 atom stereocenters. The zero-order valence-electron chi connectivity index (χ0n) is 24.3. The number of carbonyl (C=O) groups excluding carboxylic acids is 1. The van der Waals surface area contributed by atoms with E-state index >= 15 is 0 Å². The van der Waals surface area contributed by atoms with Gasteiger partial charge in [-0.25, -0.2) is 4.98 Å². The molecule has 4 heterocycles. The summed E-state index contributed by atoms with van der Waals surface area (Å²) in [7, 11) is 2.09. The van der Waals surface area contributed by atoms with Gasteiger partial charge in [0.1, 0.15) is 18.2 Å². The molecule has 1 aliphatic carbocycles. The minimum absolute atomic E-state index is 0.188. The molecule has 11 heteroatoms. The van der Waals surface area contributed by atoms with Crippen molar-refractivity contribution in [2.75, 3.05) is 51.3 Å². The number of fused-ring (bicyclic) bond motifs is 1. The van der Waals surface area contributed by atoms with Crippen molar-refractivity contribution in [3.8, 4) is 18.0 Å². The maximum Gasteiger partial charge on any atom is 0.246 e. The molecule has 0 radical (unpaired) electrons. The molecule has 1 aromatic heterocycles. The molecule has 0 saturated carbocycles. The number of amides is 1. The fourth-order valence-corrected chi connectivity index (χ4v) is 7.25. The predicted molar refractivity (Wildman–Crippen MR) is 163 cm³/mol. The Bertz CT molecular complexity index is 1400. The van der Waals surface area contributed by atoms with Crippen LogP contribution in [0.3, 0.4) is 0 Å². The van der Waals surface area contributed by atoms with E-state index in [0.717, 1.165) is 42.8 Å². The lowest BCUT2D eigenvalue weighted by atomic mass is 9.87. The van der Waals surface area contributed by atoms with Crippen LogP contribution in [0.2, 0.25) is 0 Å². The van der Waals surface area contributed by atoms with E-state index in [4.69, 9.17) is 32.9 Å². The van der Waals surface area contributed by atoms with Crippen LogP contribution in [-0.2, 0) is 17.8 Å². The molecule has 1 amide bonds. The molecule has 1 aromatic rings. The van der Waals surface area contributed by atoms with Gasteiger partial charge < -0.3 is 19.4 Å². The van der Waals surface area contributed by atoms with Crippen molar-refractivity contribution in [1.82, 2.24) is 19.7 Å². The number of pyridine rings is 1. The molecule has 0 spiro atoms. The second kappa shape index (κ2) is 12.7. The van der Waals surface area contributed by atoms with Crippen LogP contribution in [0.15, 0.2) is 34.9 Å². The third-order valence-electron chi connectivity index (χ3n) is 9.23. The largest absolute Gasteiger partial charge is 0.475 e. The Morgan fingerprint density at radius 1 is 1.26 bits per heavy atom. The molecule has 0 bridgehead atoms. The van der Waals surface area contributed by atoms with Crippen LogP contribution in [0.1, 0.15) is 49.4 Å². The van der Waals surface area contributed by atoms with Gasteiger partial charge in [0, 0.05) is 44.3 Å². The van der Waals surface area contributed by atoms with E-state index in [1.54, 1.807) is 4.90 Å². The molecule has 42 heavy (non-hydrogen) atoms. The Morgan fingerprint density at radius 2 is 2.07 bits per heavy atom. The molecule has 3 aliphatic heterocycles. The van der Waals surface area contributed by atoms with Gasteiger partial charge in [0.2, 0.25) is 11.8 Å². The van der Waals surface area contributed by atoms with Gasteiger partial charge in [-0.2, -0.15) is 10.5 Å². The minimum Gasteiger partial charge on any atom is -0.475 e. The Labute approximate surface area is 258 Å². The number of allylic oxidation sites excluding steroid dienone is 2. The first-order valence-corrected chi connectivity index (χ1v) is 15.3. The normalized spacial score (nSPS) is 26.5. The molecule has 2 saturated heterocycles. The van der Waals surface area contributed by atoms with Gasteiger partial charge in [-0.3, -0.25) is 9.69 Å². The number of carbonyl (C=O) groups is 1. The fourth-order valence-electron chi connectivity index (χ4n) is 6.70. The van der Waals surface area contributed by atoms with Gasteiger partial charge in [0.05, 0.1) is 45.5 Å². The maximum atomic E-state index is 12.6. The van der Waals surface area contributed by atoms with Gasteiger partial charge in [0.25, 0.3) is 0 Å². The molecule has 9 nitrogen and oxygen atoms in total. The third kappa shape index (κ3) is 5.64.